The summed E-state index contributed by atoms with van der Waals surface area (Å²) >= 11 is 0. The number of nitrogens with one attached hydrogen (secondary N) is 2. The van der Waals surface area contributed by atoms with Gasteiger partial charge >= 0.3 is 7.05 Å². The topological polar surface area (TPSA) is 94.6 Å². The molecule has 1 aromatic carbocycles. The molecule has 7 nitrogen and oxygen atoms in total. The quantitative estimate of drug-likeness (QED) is 0.492. The number of aryl methyl sites for hydroxylation is 1. The molecule has 170 valence electrons. The fourth-order valence-electron chi connectivity index (χ4n) is 3.85. The lowest BCUT2D eigenvalue weighted by Crippen LogP contribution is -2.46. The van der Waals surface area contributed by atoms with Crippen LogP contribution in [0.4, 0.5) is 10.2 Å². The minimum Gasteiger partial charge on any atom is -0.437 e. The molecule has 2 aromatic rings. The van der Waals surface area contributed by atoms with Gasteiger partial charge < -0.3 is 20.5 Å². The summed E-state index contributed by atoms with van der Waals surface area (Å²) in [4.78, 5) is 30.7. The number of nitrogens with zero attached hydrogens (tertiary/aromatic N) is 2. The Hall–Kier alpha value is -2.78. The van der Waals surface area contributed by atoms with Crippen LogP contribution in [-0.2, 0) is 22.4 Å². The van der Waals surface area contributed by atoms with Crippen LogP contribution in [0.1, 0.15) is 42.6 Å². The molecule has 32 heavy (non-hydrogen) atoms. The normalized spacial score (nSPS) is 13.8. The van der Waals surface area contributed by atoms with E-state index in [0.717, 1.165) is 30.9 Å². The third kappa shape index (κ3) is 6.86. The van der Waals surface area contributed by atoms with Gasteiger partial charge in [0.2, 0.25) is 5.91 Å². The Morgan fingerprint density at radius 3 is 2.88 bits per heavy atom. The number of hydrogen-bond acceptors (Lipinski definition) is 6. The van der Waals surface area contributed by atoms with Gasteiger partial charge in [-0.3, -0.25) is 9.59 Å². The van der Waals surface area contributed by atoms with Gasteiger partial charge in [-0.25, -0.2) is 9.37 Å². The molecule has 1 aromatic heterocycles. The second-order valence-corrected chi connectivity index (χ2v) is 8.27. The van der Waals surface area contributed by atoms with Gasteiger partial charge in [-0.1, -0.05) is 18.2 Å². The molecule has 1 atom stereocenters. The van der Waals surface area contributed by atoms with Crippen LogP contribution < -0.4 is 10.6 Å². The number of ketones is 1. The van der Waals surface area contributed by atoms with Crippen LogP contribution in [0, 0.1) is 5.82 Å². The number of amides is 1. The summed E-state index contributed by atoms with van der Waals surface area (Å²) in [6, 6.07) is 9.30. The van der Waals surface area contributed by atoms with Crippen LogP contribution in [-0.4, -0.2) is 53.2 Å². The average Bonchev–Trinajstić information content (AvgIpc) is 2.75. The van der Waals surface area contributed by atoms with Gasteiger partial charge in [0.15, 0.2) is 0 Å². The van der Waals surface area contributed by atoms with E-state index in [9.17, 15) is 19.0 Å². The Morgan fingerprint density at radius 1 is 1.34 bits per heavy atom. The number of anilines is 1. The summed E-state index contributed by atoms with van der Waals surface area (Å²) in [7, 11) is -0.836. The number of carbonyl (C=O) groups excluding carboxylic acids is 2. The molecule has 0 radical (unpaired) electrons. The monoisotopic (exact) mass is 440 g/mol. The number of pyridine rings is 1. The van der Waals surface area contributed by atoms with Crippen LogP contribution in [0.2, 0.25) is 6.82 Å². The summed E-state index contributed by atoms with van der Waals surface area (Å²) in [6.45, 7) is 4.34. The van der Waals surface area contributed by atoms with E-state index in [2.05, 4.69) is 21.7 Å². The van der Waals surface area contributed by atoms with Crippen molar-refractivity contribution in [2.75, 3.05) is 25.0 Å². The SMILES string of the molecule is CB(O)N(CCc1ccc2c(n1)NCCC2)CC(=O)N[C@@H](CC(C)=O)c1cccc(F)c1. The van der Waals surface area contributed by atoms with Crippen LogP contribution >= 0.6 is 0 Å². The molecule has 0 saturated heterocycles. The zero-order valence-corrected chi connectivity index (χ0v) is 18.6. The second-order valence-electron chi connectivity index (χ2n) is 8.27. The van der Waals surface area contributed by atoms with Crippen molar-refractivity contribution in [3.05, 3.63) is 59.0 Å². The van der Waals surface area contributed by atoms with Crippen molar-refractivity contribution >= 4 is 24.6 Å². The Labute approximate surface area is 188 Å². The van der Waals surface area contributed by atoms with E-state index in [1.54, 1.807) is 23.8 Å². The number of aromatic nitrogens is 1. The molecule has 1 aliphatic heterocycles. The predicted octanol–water partition coefficient (Wildman–Crippen LogP) is 2.37. The lowest BCUT2D eigenvalue weighted by atomic mass is 9.84. The van der Waals surface area contributed by atoms with E-state index in [4.69, 9.17) is 0 Å². The lowest BCUT2D eigenvalue weighted by Gasteiger charge is -2.25. The maximum absolute atomic E-state index is 13.6. The molecule has 0 unspecified atom stereocenters. The van der Waals surface area contributed by atoms with Crippen molar-refractivity contribution in [3.8, 4) is 0 Å². The third-order valence-electron chi connectivity index (χ3n) is 5.56. The number of benzene rings is 1. The summed E-state index contributed by atoms with van der Waals surface area (Å²) in [5.41, 5.74) is 2.63. The molecule has 0 fully saturated rings. The van der Waals surface area contributed by atoms with Crippen molar-refractivity contribution in [1.82, 2.24) is 15.1 Å². The van der Waals surface area contributed by atoms with Crippen molar-refractivity contribution < 1.29 is 19.0 Å². The van der Waals surface area contributed by atoms with E-state index in [0.29, 0.717) is 18.5 Å². The number of carbonyl (C=O) groups is 2. The Balaban J connectivity index is 1.61. The van der Waals surface area contributed by atoms with Crippen molar-refractivity contribution in [2.24, 2.45) is 0 Å². The molecule has 3 N–H and O–H groups in total. The maximum Gasteiger partial charge on any atom is 0.376 e. The van der Waals surface area contributed by atoms with E-state index in [1.165, 1.54) is 24.6 Å². The van der Waals surface area contributed by atoms with Crippen molar-refractivity contribution in [1.29, 1.82) is 0 Å². The molecular formula is C23H30BFN4O3. The summed E-state index contributed by atoms with van der Waals surface area (Å²) < 4.78 is 13.6. The van der Waals surface area contributed by atoms with Crippen LogP contribution in [0.5, 0.6) is 0 Å². The summed E-state index contributed by atoms with van der Waals surface area (Å²) in [6.07, 6.45) is 2.76. The average molecular weight is 440 g/mol. The molecule has 2 heterocycles. The first kappa shape index (κ1) is 23.9. The van der Waals surface area contributed by atoms with Gasteiger partial charge in [0, 0.05) is 25.1 Å². The van der Waals surface area contributed by atoms with E-state index in [-0.39, 0.29) is 24.7 Å². The van der Waals surface area contributed by atoms with Crippen molar-refractivity contribution in [3.63, 3.8) is 0 Å². The molecule has 1 amide bonds. The minimum absolute atomic E-state index is 0.0510. The van der Waals surface area contributed by atoms with Gasteiger partial charge in [-0.15, -0.1) is 0 Å². The van der Waals surface area contributed by atoms with E-state index in [1.807, 2.05) is 6.07 Å². The van der Waals surface area contributed by atoms with Crippen LogP contribution in [0.3, 0.4) is 0 Å². The third-order valence-corrected chi connectivity index (χ3v) is 5.56. The smallest absolute Gasteiger partial charge is 0.376 e. The van der Waals surface area contributed by atoms with Gasteiger partial charge in [-0.05, 0) is 62.5 Å². The minimum atomic E-state index is -0.836. The maximum atomic E-state index is 13.6. The highest BCUT2D eigenvalue weighted by molar-refractivity contribution is 6.45. The van der Waals surface area contributed by atoms with Crippen molar-refractivity contribution in [2.45, 2.75) is 45.5 Å². The fourth-order valence-corrected chi connectivity index (χ4v) is 3.85. The highest BCUT2D eigenvalue weighted by Crippen LogP contribution is 2.20. The number of fused-ring (bicyclic) bond motifs is 1. The zero-order chi connectivity index (χ0) is 23.1. The first-order valence-corrected chi connectivity index (χ1v) is 11.0. The molecule has 0 saturated carbocycles. The Morgan fingerprint density at radius 2 is 2.16 bits per heavy atom. The van der Waals surface area contributed by atoms with Crippen LogP contribution in [0.25, 0.3) is 0 Å². The van der Waals surface area contributed by atoms with Gasteiger partial charge in [0.25, 0.3) is 0 Å². The highest BCUT2D eigenvalue weighted by Gasteiger charge is 2.23. The Bertz CT molecular complexity index is 957. The first-order chi connectivity index (χ1) is 15.3. The summed E-state index contributed by atoms with van der Waals surface area (Å²) in [5.74, 6) is 0.0284. The molecular weight excluding hydrogens is 410 g/mol. The standard InChI is InChI=1S/C23H30BFN4O3/c1-16(30)13-21(18-5-3-7-19(25)14-18)28-22(31)15-29(24(2)32)12-10-20-9-8-17-6-4-11-26-23(17)27-20/h3,5,7-9,14,21,32H,4,6,10-13,15H2,1-2H3,(H,26,27)(H,28,31)/t21-/m0/s1. The molecule has 0 bridgehead atoms. The fraction of sp³-hybridized carbons (Fsp3) is 0.435. The highest BCUT2D eigenvalue weighted by atomic mass is 19.1. The lowest BCUT2D eigenvalue weighted by molar-refractivity contribution is -0.122. The summed E-state index contributed by atoms with van der Waals surface area (Å²) in [5, 5.41) is 16.3. The molecule has 0 aliphatic carbocycles. The predicted molar refractivity (Wildman–Crippen MR) is 123 cm³/mol. The molecule has 9 heteroatoms. The second kappa shape index (κ2) is 11.2. The number of rotatable bonds is 10. The van der Waals surface area contributed by atoms with E-state index < -0.39 is 18.9 Å². The molecule has 1 aliphatic rings. The molecule has 3 rings (SSSR count). The Kier molecular flexibility index (Phi) is 8.36. The number of hydrogen-bond donors (Lipinski definition) is 3. The van der Waals surface area contributed by atoms with Crippen LogP contribution in [0.15, 0.2) is 36.4 Å². The molecule has 0 spiro atoms. The number of Topliss-reactive ketones (excluding diaryl/α,β-unsaturated/α-hetero) is 1. The van der Waals surface area contributed by atoms with Gasteiger partial charge in [0.05, 0.1) is 12.6 Å². The zero-order valence-electron chi connectivity index (χ0n) is 18.6. The van der Waals surface area contributed by atoms with Gasteiger partial charge in [0.1, 0.15) is 17.4 Å². The number of halogens is 1. The van der Waals surface area contributed by atoms with Gasteiger partial charge in [-0.2, -0.15) is 0 Å². The van der Waals surface area contributed by atoms with E-state index >= 15 is 0 Å². The largest absolute Gasteiger partial charge is 0.437 e. The first-order valence-electron chi connectivity index (χ1n) is 11.0.